The number of hydrogen-bond donors (Lipinski definition) is 1. The number of nitrogens with zero attached hydrogens (tertiary/aromatic N) is 1. The molecular formula is C8H16N2. The highest BCUT2D eigenvalue weighted by Gasteiger charge is 2.37. The van der Waals surface area contributed by atoms with Crippen molar-refractivity contribution >= 4 is 0 Å². The van der Waals surface area contributed by atoms with Gasteiger partial charge in [-0.15, -0.1) is 0 Å². The van der Waals surface area contributed by atoms with E-state index in [2.05, 4.69) is 24.2 Å². The SMILES string of the molecule is CC1CC2CN(C)CC2N1. The lowest BCUT2D eigenvalue weighted by atomic mass is 10.0. The van der Waals surface area contributed by atoms with Gasteiger partial charge in [-0.05, 0) is 26.3 Å². The lowest BCUT2D eigenvalue weighted by molar-refractivity contribution is 0.370. The lowest BCUT2D eigenvalue weighted by Crippen LogP contribution is -2.32. The Morgan fingerprint density at radius 2 is 2.20 bits per heavy atom. The topological polar surface area (TPSA) is 15.3 Å². The zero-order chi connectivity index (χ0) is 7.14. The van der Waals surface area contributed by atoms with Crippen LogP contribution in [-0.2, 0) is 0 Å². The van der Waals surface area contributed by atoms with Crippen molar-refractivity contribution in [1.82, 2.24) is 10.2 Å². The summed E-state index contributed by atoms with van der Waals surface area (Å²) in [5, 5.41) is 3.60. The molecule has 10 heavy (non-hydrogen) atoms. The van der Waals surface area contributed by atoms with Gasteiger partial charge in [0, 0.05) is 25.2 Å². The van der Waals surface area contributed by atoms with E-state index in [4.69, 9.17) is 0 Å². The summed E-state index contributed by atoms with van der Waals surface area (Å²) >= 11 is 0. The van der Waals surface area contributed by atoms with Gasteiger partial charge in [-0.3, -0.25) is 0 Å². The highest BCUT2D eigenvalue weighted by atomic mass is 15.2. The van der Waals surface area contributed by atoms with Crippen LogP contribution in [0.2, 0.25) is 0 Å². The summed E-state index contributed by atoms with van der Waals surface area (Å²) in [4.78, 5) is 2.42. The molecule has 2 fully saturated rings. The van der Waals surface area contributed by atoms with Crippen LogP contribution in [0.4, 0.5) is 0 Å². The molecule has 2 nitrogen and oxygen atoms in total. The van der Waals surface area contributed by atoms with Gasteiger partial charge < -0.3 is 10.2 Å². The van der Waals surface area contributed by atoms with Crippen molar-refractivity contribution in [2.45, 2.75) is 25.4 Å². The van der Waals surface area contributed by atoms with Crippen LogP contribution >= 0.6 is 0 Å². The number of likely N-dealkylation sites (tertiary alicyclic amines) is 1. The third-order valence-electron chi connectivity index (χ3n) is 2.78. The molecule has 0 aliphatic carbocycles. The van der Waals surface area contributed by atoms with E-state index >= 15 is 0 Å². The number of hydrogen-bond acceptors (Lipinski definition) is 2. The second-order valence-corrected chi connectivity index (χ2v) is 3.89. The standard InChI is InChI=1S/C8H16N2/c1-6-3-7-4-10(2)5-8(7)9-6/h6-9H,3-5H2,1-2H3. The molecule has 3 atom stereocenters. The predicted molar refractivity (Wildman–Crippen MR) is 42.0 cm³/mol. The minimum Gasteiger partial charge on any atom is -0.310 e. The zero-order valence-corrected chi connectivity index (χ0v) is 6.80. The molecule has 2 heterocycles. The average Bonchev–Trinajstić information content (AvgIpc) is 2.21. The Kier molecular flexibility index (Phi) is 1.46. The maximum absolute atomic E-state index is 3.60. The first-order valence-electron chi connectivity index (χ1n) is 4.20. The summed E-state index contributed by atoms with van der Waals surface area (Å²) < 4.78 is 0. The van der Waals surface area contributed by atoms with Crippen LogP contribution in [-0.4, -0.2) is 37.1 Å². The maximum atomic E-state index is 3.60. The van der Waals surface area contributed by atoms with Gasteiger partial charge in [-0.2, -0.15) is 0 Å². The molecule has 0 bridgehead atoms. The van der Waals surface area contributed by atoms with Gasteiger partial charge in [0.05, 0.1) is 0 Å². The Balaban J connectivity index is 2.00. The van der Waals surface area contributed by atoms with Crippen molar-refractivity contribution in [3.05, 3.63) is 0 Å². The summed E-state index contributed by atoms with van der Waals surface area (Å²) in [7, 11) is 2.21. The molecule has 0 amide bonds. The van der Waals surface area contributed by atoms with E-state index in [0.29, 0.717) is 0 Å². The van der Waals surface area contributed by atoms with Crippen LogP contribution in [0.1, 0.15) is 13.3 Å². The third-order valence-corrected chi connectivity index (χ3v) is 2.78. The fraction of sp³-hybridized carbons (Fsp3) is 1.00. The van der Waals surface area contributed by atoms with Crippen LogP contribution < -0.4 is 5.32 Å². The van der Waals surface area contributed by atoms with Crippen LogP contribution in [0.3, 0.4) is 0 Å². The fourth-order valence-electron chi connectivity index (χ4n) is 2.40. The number of nitrogens with one attached hydrogen (secondary N) is 1. The lowest BCUT2D eigenvalue weighted by Gasteiger charge is -2.11. The molecule has 2 aliphatic heterocycles. The molecule has 2 aliphatic rings. The van der Waals surface area contributed by atoms with E-state index < -0.39 is 0 Å². The van der Waals surface area contributed by atoms with Gasteiger partial charge in [0.2, 0.25) is 0 Å². The van der Waals surface area contributed by atoms with Crippen molar-refractivity contribution in [3.8, 4) is 0 Å². The first kappa shape index (κ1) is 6.62. The van der Waals surface area contributed by atoms with E-state index in [-0.39, 0.29) is 0 Å². The number of fused-ring (bicyclic) bond motifs is 1. The number of likely N-dealkylation sites (N-methyl/N-ethyl adjacent to an activating group) is 1. The Hall–Kier alpha value is -0.0800. The van der Waals surface area contributed by atoms with Crippen LogP contribution in [0, 0.1) is 5.92 Å². The first-order chi connectivity index (χ1) is 4.75. The Bertz CT molecular complexity index is 107. The van der Waals surface area contributed by atoms with Crippen molar-refractivity contribution < 1.29 is 0 Å². The minimum atomic E-state index is 0.767. The Morgan fingerprint density at radius 1 is 1.40 bits per heavy atom. The Morgan fingerprint density at radius 3 is 2.90 bits per heavy atom. The van der Waals surface area contributed by atoms with Crippen molar-refractivity contribution in [2.24, 2.45) is 5.92 Å². The van der Waals surface area contributed by atoms with Gasteiger partial charge in [0.15, 0.2) is 0 Å². The second-order valence-electron chi connectivity index (χ2n) is 3.89. The molecule has 0 aromatic carbocycles. The summed E-state index contributed by atoms with van der Waals surface area (Å²) in [6.07, 6.45) is 1.38. The highest BCUT2D eigenvalue weighted by Crippen LogP contribution is 2.26. The minimum absolute atomic E-state index is 0.767. The van der Waals surface area contributed by atoms with E-state index in [9.17, 15) is 0 Å². The van der Waals surface area contributed by atoms with E-state index in [1.807, 2.05) is 0 Å². The molecule has 0 radical (unpaired) electrons. The Labute approximate surface area is 62.6 Å². The zero-order valence-electron chi connectivity index (χ0n) is 6.80. The molecule has 0 aromatic heterocycles. The predicted octanol–water partition coefficient (Wildman–Crippen LogP) is 0.298. The molecule has 0 spiro atoms. The molecule has 0 aromatic rings. The van der Waals surface area contributed by atoms with Crippen molar-refractivity contribution in [2.75, 3.05) is 20.1 Å². The molecule has 2 saturated heterocycles. The smallest absolute Gasteiger partial charge is 0.0238 e. The molecule has 3 unspecified atom stereocenters. The molecule has 0 saturated carbocycles. The summed E-state index contributed by atoms with van der Waals surface area (Å²) in [5.41, 5.74) is 0. The molecule has 2 heteroatoms. The molecule has 1 N–H and O–H groups in total. The highest BCUT2D eigenvalue weighted by molar-refractivity contribution is 4.95. The van der Waals surface area contributed by atoms with Gasteiger partial charge in [-0.1, -0.05) is 0 Å². The first-order valence-corrected chi connectivity index (χ1v) is 4.20. The maximum Gasteiger partial charge on any atom is 0.0238 e. The average molecular weight is 140 g/mol. The normalized spacial score (nSPS) is 48.0. The molecule has 2 rings (SSSR count). The second kappa shape index (κ2) is 2.21. The number of rotatable bonds is 0. The summed E-state index contributed by atoms with van der Waals surface area (Å²) in [6.45, 7) is 4.86. The van der Waals surface area contributed by atoms with Gasteiger partial charge in [0.25, 0.3) is 0 Å². The van der Waals surface area contributed by atoms with E-state index in [1.54, 1.807) is 0 Å². The van der Waals surface area contributed by atoms with Crippen LogP contribution in [0.25, 0.3) is 0 Å². The van der Waals surface area contributed by atoms with Crippen LogP contribution in [0.5, 0.6) is 0 Å². The van der Waals surface area contributed by atoms with Gasteiger partial charge >= 0.3 is 0 Å². The summed E-state index contributed by atoms with van der Waals surface area (Å²) in [6, 6.07) is 1.57. The van der Waals surface area contributed by atoms with Gasteiger partial charge in [-0.25, -0.2) is 0 Å². The molecule has 58 valence electrons. The summed E-state index contributed by atoms with van der Waals surface area (Å²) in [5.74, 6) is 0.944. The van der Waals surface area contributed by atoms with Crippen molar-refractivity contribution in [3.63, 3.8) is 0 Å². The largest absolute Gasteiger partial charge is 0.310 e. The monoisotopic (exact) mass is 140 g/mol. The van der Waals surface area contributed by atoms with Crippen LogP contribution in [0.15, 0.2) is 0 Å². The fourth-order valence-corrected chi connectivity index (χ4v) is 2.40. The molecular weight excluding hydrogens is 124 g/mol. The quantitative estimate of drug-likeness (QED) is 0.520. The van der Waals surface area contributed by atoms with E-state index in [1.165, 1.54) is 19.5 Å². The van der Waals surface area contributed by atoms with Gasteiger partial charge in [0.1, 0.15) is 0 Å². The third kappa shape index (κ3) is 0.956. The van der Waals surface area contributed by atoms with Crippen molar-refractivity contribution in [1.29, 1.82) is 0 Å². The van der Waals surface area contributed by atoms with E-state index in [0.717, 1.165) is 18.0 Å².